The van der Waals surface area contributed by atoms with E-state index in [-0.39, 0.29) is 11.6 Å². The highest BCUT2D eigenvalue weighted by Gasteiger charge is 2.15. The topological polar surface area (TPSA) is 67.5 Å². The van der Waals surface area contributed by atoms with Gasteiger partial charge in [-0.05, 0) is 37.0 Å². The van der Waals surface area contributed by atoms with Gasteiger partial charge in [0.05, 0.1) is 0 Å². The average molecular weight is 336 g/mol. The Morgan fingerprint density at radius 2 is 1.91 bits per heavy atom. The van der Waals surface area contributed by atoms with E-state index < -0.39 is 0 Å². The summed E-state index contributed by atoms with van der Waals surface area (Å²) in [6.07, 6.45) is 3.57. The highest BCUT2D eigenvalue weighted by atomic mass is 35.5. The Morgan fingerprint density at radius 3 is 2.43 bits per heavy atom. The molecule has 0 saturated heterocycles. The van der Waals surface area contributed by atoms with Gasteiger partial charge in [0.2, 0.25) is 0 Å². The van der Waals surface area contributed by atoms with E-state index in [0.717, 1.165) is 42.5 Å². The van der Waals surface area contributed by atoms with E-state index in [1.165, 1.54) is 0 Å². The molecule has 1 aromatic carbocycles. The van der Waals surface area contributed by atoms with Crippen LogP contribution in [0, 0.1) is 0 Å². The van der Waals surface area contributed by atoms with Crippen molar-refractivity contribution in [3.63, 3.8) is 0 Å². The van der Waals surface area contributed by atoms with Crippen molar-refractivity contribution in [3.8, 4) is 0 Å². The number of rotatable bonds is 8. The lowest BCUT2D eigenvalue weighted by Crippen LogP contribution is -2.30. The highest BCUT2D eigenvalue weighted by molar-refractivity contribution is 6.30. The average Bonchev–Trinajstić information content (AvgIpc) is 2.57. The molecule has 0 atom stereocenters. The van der Waals surface area contributed by atoms with E-state index in [1.54, 1.807) is 19.2 Å². The number of aliphatic imine (C=N–C) groups is 1. The number of nitrogens with one attached hydrogen (secondary N) is 1. The van der Waals surface area contributed by atoms with Gasteiger partial charge in [-0.2, -0.15) is 0 Å². The molecule has 0 unspecified atom stereocenters. The van der Waals surface area contributed by atoms with Crippen LogP contribution in [0.3, 0.4) is 0 Å². The molecule has 126 valence electrons. The van der Waals surface area contributed by atoms with Gasteiger partial charge in [-0.3, -0.25) is 9.79 Å². The smallest absolute Gasteiger partial charge is 0.267 e. The molecule has 0 aromatic heterocycles. The van der Waals surface area contributed by atoms with Crippen LogP contribution in [0.1, 0.15) is 45.1 Å². The quantitative estimate of drug-likeness (QED) is 0.560. The molecule has 0 aliphatic rings. The molecule has 0 bridgehead atoms. The molecule has 0 aliphatic carbocycles. The summed E-state index contributed by atoms with van der Waals surface area (Å²) in [5, 5.41) is 3.53. The predicted octanol–water partition coefficient (Wildman–Crippen LogP) is 3.84. The van der Waals surface area contributed by atoms with Crippen LogP contribution in [-0.2, 0) is 11.3 Å². The van der Waals surface area contributed by atoms with E-state index in [0.29, 0.717) is 11.6 Å². The zero-order valence-corrected chi connectivity index (χ0v) is 14.9. The first-order valence-electron chi connectivity index (χ1n) is 8.00. The van der Waals surface area contributed by atoms with Crippen molar-refractivity contribution in [1.29, 1.82) is 0 Å². The fraction of sp³-hybridized carbons (Fsp3) is 0.444. The lowest BCUT2D eigenvalue weighted by atomic mass is 9.99. The highest BCUT2D eigenvalue weighted by Crippen LogP contribution is 2.15. The second kappa shape index (κ2) is 10.1. The summed E-state index contributed by atoms with van der Waals surface area (Å²) in [5.41, 5.74) is 9.13. The van der Waals surface area contributed by atoms with Crippen molar-refractivity contribution in [2.75, 3.05) is 7.05 Å². The number of nitrogens with zero attached hydrogens (tertiary/aromatic N) is 1. The molecule has 1 rings (SSSR count). The second-order valence-electron chi connectivity index (χ2n) is 5.33. The van der Waals surface area contributed by atoms with Crippen LogP contribution in [-0.4, -0.2) is 18.7 Å². The van der Waals surface area contributed by atoms with Crippen LogP contribution in [0.15, 0.2) is 40.5 Å². The monoisotopic (exact) mass is 335 g/mol. The number of carbonyl (C=O) groups excluding carboxylic acids is 1. The molecule has 1 aromatic rings. The van der Waals surface area contributed by atoms with Crippen LogP contribution in [0.25, 0.3) is 0 Å². The van der Waals surface area contributed by atoms with Gasteiger partial charge in [-0.1, -0.05) is 44.0 Å². The number of nitrogens with two attached hydrogens (primary N) is 1. The first kappa shape index (κ1) is 19.2. The third-order valence-electron chi connectivity index (χ3n) is 3.67. The molecular weight excluding hydrogens is 310 g/mol. The van der Waals surface area contributed by atoms with Gasteiger partial charge in [0.1, 0.15) is 5.70 Å². The van der Waals surface area contributed by atoms with Gasteiger partial charge < -0.3 is 11.1 Å². The molecule has 5 heteroatoms. The Kier molecular flexibility index (Phi) is 8.41. The summed E-state index contributed by atoms with van der Waals surface area (Å²) >= 11 is 5.85. The van der Waals surface area contributed by atoms with Crippen LogP contribution in [0.2, 0.25) is 5.02 Å². The number of benzene rings is 1. The van der Waals surface area contributed by atoms with Gasteiger partial charge in [0.25, 0.3) is 5.91 Å². The van der Waals surface area contributed by atoms with Crippen LogP contribution in [0.4, 0.5) is 0 Å². The summed E-state index contributed by atoms with van der Waals surface area (Å²) in [7, 11) is 1.74. The van der Waals surface area contributed by atoms with Crippen LogP contribution in [0.5, 0.6) is 0 Å². The molecule has 23 heavy (non-hydrogen) atoms. The van der Waals surface area contributed by atoms with Crippen molar-refractivity contribution >= 4 is 23.2 Å². The SMILES string of the molecule is CCCCC(C(CC)=NC)=C(N)C(=O)NCc1ccc(Cl)cc1. The minimum absolute atomic E-state index is 0.249. The largest absolute Gasteiger partial charge is 0.394 e. The zero-order chi connectivity index (χ0) is 17.2. The Labute approximate surface area is 143 Å². The predicted molar refractivity (Wildman–Crippen MR) is 97.7 cm³/mol. The lowest BCUT2D eigenvalue weighted by Gasteiger charge is -2.13. The molecule has 3 N–H and O–H groups in total. The summed E-state index contributed by atoms with van der Waals surface area (Å²) < 4.78 is 0. The molecule has 1 amide bonds. The van der Waals surface area contributed by atoms with Crippen molar-refractivity contribution < 1.29 is 4.79 Å². The van der Waals surface area contributed by atoms with Crippen molar-refractivity contribution in [1.82, 2.24) is 5.32 Å². The van der Waals surface area contributed by atoms with Crippen molar-refractivity contribution in [3.05, 3.63) is 46.1 Å². The molecule has 0 aliphatic heterocycles. The Morgan fingerprint density at radius 1 is 1.26 bits per heavy atom. The maximum absolute atomic E-state index is 12.3. The number of carbonyl (C=O) groups is 1. The van der Waals surface area contributed by atoms with Gasteiger partial charge >= 0.3 is 0 Å². The van der Waals surface area contributed by atoms with Crippen molar-refractivity contribution in [2.45, 2.75) is 46.1 Å². The number of hydrogen-bond acceptors (Lipinski definition) is 3. The van der Waals surface area contributed by atoms with E-state index in [1.807, 2.05) is 19.1 Å². The van der Waals surface area contributed by atoms with E-state index in [4.69, 9.17) is 17.3 Å². The third-order valence-corrected chi connectivity index (χ3v) is 3.92. The standard InChI is InChI=1S/C18H26ClN3O/c1-4-6-7-15(16(5-2)21-3)17(20)18(23)22-12-13-8-10-14(19)11-9-13/h8-11H,4-7,12,20H2,1-3H3,(H,22,23). The summed E-state index contributed by atoms with van der Waals surface area (Å²) in [4.78, 5) is 16.6. The summed E-state index contributed by atoms with van der Waals surface area (Å²) in [5.74, 6) is -0.249. The van der Waals surface area contributed by atoms with Gasteiger partial charge in [-0.25, -0.2) is 0 Å². The van der Waals surface area contributed by atoms with Gasteiger partial charge in [0, 0.05) is 29.9 Å². The maximum atomic E-state index is 12.3. The lowest BCUT2D eigenvalue weighted by molar-refractivity contribution is -0.117. The minimum atomic E-state index is -0.249. The normalized spacial score (nSPS) is 12.8. The fourth-order valence-corrected chi connectivity index (χ4v) is 2.44. The minimum Gasteiger partial charge on any atom is -0.394 e. The molecule has 0 heterocycles. The number of hydrogen-bond donors (Lipinski definition) is 2. The summed E-state index contributed by atoms with van der Waals surface area (Å²) in [6.45, 7) is 4.55. The number of amides is 1. The van der Waals surface area contributed by atoms with Gasteiger partial charge in [0.15, 0.2) is 0 Å². The van der Waals surface area contributed by atoms with Crippen LogP contribution < -0.4 is 11.1 Å². The van der Waals surface area contributed by atoms with E-state index in [9.17, 15) is 4.79 Å². The zero-order valence-electron chi connectivity index (χ0n) is 14.2. The molecule has 0 radical (unpaired) electrons. The van der Waals surface area contributed by atoms with Crippen molar-refractivity contribution in [2.24, 2.45) is 10.7 Å². The third kappa shape index (κ3) is 6.06. The molecular formula is C18H26ClN3O. The van der Waals surface area contributed by atoms with Crippen LogP contribution >= 0.6 is 11.6 Å². The van der Waals surface area contributed by atoms with E-state index >= 15 is 0 Å². The Bertz CT molecular complexity index is 576. The number of allylic oxidation sites excluding steroid dienone is 1. The Hall–Kier alpha value is -1.81. The molecule has 4 nitrogen and oxygen atoms in total. The molecule has 0 saturated carbocycles. The fourth-order valence-electron chi connectivity index (χ4n) is 2.31. The van der Waals surface area contributed by atoms with E-state index in [2.05, 4.69) is 17.2 Å². The molecule has 0 fully saturated rings. The summed E-state index contributed by atoms with van der Waals surface area (Å²) in [6, 6.07) is 7.36. The first-order chi connectivity index (χ1) is 11.0. The Balaban J connectivity index is 2.84. The first-order valence-corrected chi connectivity index (χ1v) is 8.38. The maximum Gasteiger partial charge on any atom is 0.267 e. The number of unbranched alkanes of at least 4 members (excludes halogenated alkanes) is 1. The number of halogens is 1. The second-order valence-corrected chi connectivity index (χ2v) is 5.77. The molecule has 0 spiro atoms. The van der Waals surface area contributed by atoms with Gasteiger partial charge in [-0.15, -0.1) is 0 Å².